The van der Waals surface area contributed by atoms with Crippen LogP contribution in [0.5, 0.6) is 11.5 Å². The first-order valence-electron chi connectivity index (χ1n) is 8.06. The van der Waals surface area contributed by atoms with Crippen LogP contribution < -0.4 is 20.1 Å². The van der Waals surface area contributed by atoms with Gasteiger partial charge in [-0.25, -0.2) is 0 Å². The molecule has 140 valence electrons. The fourth-order valence-corrected chi connectivity index (χ4v) is 2.45. The van der Waals surface area contributed by atoms with E-state index in [1.165, 1.54) is 14.2 Å². The zero-order valence-corrected chi connectivity index (χ0v) is 15.0. The Morgan fingerprint density at radius 2 is 1.96 bits per heavy atom. The third-order valence-electron chi connectivity index (χ3n) is 3.89. The molecule has 0 aliphatic carbocycles. The molecule has 0 aliphatic rings. The molecule has 1 atom stereocenters. The first kappa shape index (κ1) is 19.3. The molecule has 8 heteroatoms. The number of benzene rings is 1. The van der Waals surface area contributed by atoms with E-state index < -0.39 is 17.9 Å². The van der Waals surface area contributed by atoms with Crippen molar-refractivity contribution in [3.63, 3.8) is 0 Å². The van der Waals surface area contributed by atoms with Crippen LogP contribution in [0.3, 0.4) is 0 Å². The molecule has 0 spiro atoms. The fraction of sp³-hybridized carbons (Fsp3) is 0.333. The number of nitrogens with one attached hydrogen (secondary N) is 2. The van der Waals surface area contributed by atoms with Gasteiger partial charge in [0, 0.05) is 31.5 Å². The number of hydrogen-bond acceptors (Lipinski definition) is 5. The van der Waals surface area contributed by atoms with Gasteiger partial charge in [-0.2, -0.15) is 0 Å². The minimum Gasteiger partial charge on any atom is -0.497 e. The highest BCUT2D eigenvalue weighted by molar-refractivity contribution is 6.39. The van der Waals surface area contributed by atoms with Crippen molar-refractivity contribution in [1.29, 1.82) is 0 Å². The van der Waals surface area contributed by atoms with Crippen LogP contribution >= 0.6 is 0 Å². The Morgan fingerprint density at radius 1 is 1.19 bits per heavy atom. The average Bonchev–Trinajstić information content (AvgIpc) is 3.07. The van der Waals surface area contributed by atoms with Crippen LogP contribution in [0.15, 0.2) is 36.5 Å². The lowest BCUT2D eigenvalue weighted by atomic mass is 10.2. The first-order chi connectivity index (χ1) is 12.5. The molecular formula is C18H23N3O5. The molecule has 0 fully saturated rings. The summed E-state index contributed by atoms with van der Waals surface area (Å²) in [6.07, 6.45) is 1.40. The van der Waals surface area contributed by atoms with Gasteiger partial charge in [0.15, 0.2) is 0 Å². The molecule has 1 unspecified atom stereocenters. The molecule has 26 heavy (non-hydrogen) atoms. The summed E-state index contributed by atoms with van der Waals surface area (Å²) in [6.45, 7) is 0.165. The van der Waals surface area contributed by atoms with Gasteiger partial charge in [-0.05, 0) is 30.7 Å². The van der Waals surface area contributed by atoms with E-state index in [1.54, 1.807) is 28.8 Å². The molecule has 1 heterocycles. The molecule has 0 saturated heterocycles. The van der Waals surface area contributed by atoms with Gasteiger partial charge in [-0.3, -0.25) is 9.59 Å². The zero-order chi connectivity index (χ0) is 19.1. The summed E-state index contributed by atoms with van der Waals surface area (Å²) in [5, 5.41) is 15.1. The highest BCUT2D eigenvalue weighted by atomic mass is 16.5. The van der Waals surface area contributed by atoms with Gasteiger partial charge in [-0.15, -0.1) is 0 Å². The summed E-state index contributed by atoms with van der Waals surface area (Å²) in [5.41, 5.74) is 1.10. The number of aryl methyl sites for hydroxylation is 1. The number of rotatable bonds is 7. The predicted molar refractivity (Wildman–Crippen MR) is 96.2 cm³/mol. The summed E-state index contributed by atoms with van der Waals surface area (Å²) in [7, 11) is 4.80. The average molecular weight is 361 g/mol. The lowest BCUT2D eigenvalue weighted by Crippen LogP contribution is -2.36. The molecule has 2 amide bonds. The summed E-state index contributed by atoms with van der Waals surface area (Å²) in [6, 6.07) is 8.46. The highest BCUT2D eigenvalue weighted by Gasteiger charge is 2.17. The number of anilines is 1. The van der Waals surface area contributed by atoms with E-state index in [4.69, 9.17) is 9.47 Å². The Hall–Kier alpha value is -3.00. The van der Waals surface area contributed by atoms with Crippen LogP contribution in [-0.4, -0.2) is 42.3 Å². The van der Waals surface area contributed by atoms with E-state index in [9.17, 15) is 14.7 Å². The number of carbonyl (C=O) groups is 2. The van der Waals surface area contributed by atoms with Gasteiger partial charge < -0.3 is 29.8 Å². The number of methoxy groups -OCH3 is 2. The summed E-state index contributed by atoms with van der Waals surface area (Å²) in [4.78, 5) is 23.9. The van der Waals surface area contributed by atoms with E-state index in [-0.39, 0.29) is 6.54 Å². The molecule has 2 aromatic rings. The van der Waals surface area contributed by atoms with E-state index in [2.05, 4.69) is 10.6 Å². The second kappa shape index (κ2) is 8.91. The van der Waals surface area contributed by atoms with Crippen molar-refractivity contribution in [2.24, 2.45) is 7.05 Å². The normalized spacial score (nSPS) is 11.5. The molecule has 0 bridgehead atoms. The van der Waals surface area contributed by atoms with Crippen molar-refractivity contribution in [3.05, 3.63) is 42.2 Å². The largest absolute Gasteiger partial charge is 0.497 e. The maximum Gasteiger partial charge on any atom is 0.313 e. The molecule has 3 N–H and O–H groups in total. The number of ether oxygens (including phenoxy) is 2. The Morgan fingerprint density at radius 3 is 2.58 bits per heavy atom. The molecule has 2 rings (SSSR count). The first-order valence-corrected chi connectivity index (χ1v) is 8.06. The molecule has 1 aromatic carbocycles. The number of aliphatic hydroxyl groups is 1. The molecule has 0 radical (unpaired) electrons. The minimum absolute atomic E-state index is 0.165. The van der Waals surface area contributed by atoms with Gasteiger partial charge in [0.2, 0.25) is 0 Å². The Kier molecular flexibility index (Phi) is 6.62. The van der Waals surface area contributed by atoms with Crippen molar-refractivity contribution in [3.8, 4) is 11.5 Å². The van der Waals surface area contributed by atoms with Crippen LogP contribution in [0.25, 0.3) is 0 Å². The maximum absolute atomic E-state index is 12.0. The SMILES string of the molecule is COc1ccc(NC(=O)C(=O)NCCC(O)c2cccn2C)c(OC)c1. The molecule has 0 saturated carbocycles. The minimum atomic E-state index is -0.818. The number of hydrogen-bond donors (Lipinski definition) is 3. The molecule has 8 nitrogen and oxygen atoms in total. The monoisotopic (exact) mass is 361 g/mol. The quantitative estimate of drug-likeness (QED) is 0.644. The zero-order valence-electron chi connectivity index (χ0n) is 15.0. The third-order valence-corrected chi connectivity index (χ3v) is 3.89. The van der Waals surface area contributed by atoms with Crippen LogP contribution in [0, 0.1) is 0 Å². The summed E-state index contributed by atoms with van der Waals surface area (Å²) < 4.78 is 12.1. The van der Waals surface area contributed by atoms with E-state index in [0.29, 0.717) is 23.6 Å². The maximum atomic E-state index is 12.0. The van der Waals surface area contributed by atoms with Crippen molar-refractivity contribution < 1.29 is 24.2 Å². The van der Waals surface area contributed by atoms with Crippen molar-refractivity contribution in [2.75, 3.05) is 26.1 Å². The number of amides is 2. The Bertz CT molecular complexity index is 772. The Labute approximate surface area is 151 Å². The standard InChI is InChI=1S/C18H23N3O5/c1-21-10-4-5-14(21)15(22)8-9-19-17(23)18(24)20-13-7-6-12(25-2)11-16(13)26-3/h4-7,10-11,15,22H,8-9H2,1-3H3,(H,19,23)(H,20,24). The number of aliphatic hydroxyl groups excluding tert-OH is 1. The van der Waals surface area contributed by atoms with Crippen LogP contribution in [0.2, 0.25) is 0 Å². The second-order valence-electron chi connectivity index (χ2n) is 5.62. The smallest absolute Gasteiger partial charge is 0.313 e. The Balaban J connectivity index is 1.86. The van der Waals surface area contributed by atoms with Gasteiger partial charge in [0.25, 0.3) is 0 Å². The van der Waals surface area contributed by atoms with Gasteiger partial charge >= 0.3 is 11.8 Å². The van der Waals surface area contributed by atoms with Gasteiger partial charge in [-0.1, -0.05) is 0 Å². The van der Waals surface area contributed by atoms with E-state index in [1.807, 2.05) is 19.3 Å². The molecule has 1 aromatic heterocycles. The van der Waals surface area contributed by atoms with Crippen LogP contribution in [-0.2, 0) is 16.6 Å². The van der Waals surface area contributed by atoms with Crippen molar-refractivity contribution in [2.45, 2.75) is 12.5 Å². The second-order valence-corrected chi connectivity index (χ2v) is 5.62. The van der Waals surface area contributed by atoms with Crippen LogP contribution in [0.1, 0.15) is 18.2 Å². The number of nitrogens with zero attached hydrogens (tertiary/aromatic N) is 1. The molecule has 0 aliphatic heterocycles. The third kappa shape index (κ3) is 4.76. The molecular weight excluding hydrogens is 338 g/mol. The summed E-state index contributed by atoms with van der Waals surface area (Å²) in [5.74, 6) is -0.660. The van der Waals surface area contributed by atoms with Crippen molar-refractivity contribution >= 4 is 17.5 Å². The van der Waals surface area contributed by atoms with Gasteiger partial charge in [0.05, 0.1) is 26.0 Å². The van der Waals surface area contributed by atoms with E-state index in [0.717, 1.165) is 5.69 Å². The van der Waals surface area contributed by atoms with Crippen molar-refractivity contribution in [1.82, 2.24) is 9.88 Å². The van der Waals surface area contributed by atoms with Gasteiger partial charge in [0.1, 0.15) is 11.5 Å². The van der Waals surface area contributed by atoms with Crippen LogP contribution in [0.4, 0.5) is 5.69 Å². The lowest BCUT2D eigenvalue weighted by molar-refractivity contribution is -0.136. The lowest BCUT2D eigenvalue weighted by Gasteiger charge is -2.13. The topological polar surface area (TPSA) is 102 Å². The van der Waals surface area contributed by atoms with E-state index >= 15 is 0 Å². The predicted octanol–water partition coefficient (Wildman–Crippen LogP) is 1.22. The summed E-state index contributed by atoms with van der Waals surface area (Å²) >= 11 is 0. The fourth-order valence-electron chi connectivity index (χ4n) is 2.45. The number of aromatic nitrogens is 1. The number of carbonyl (C=O) groups excluding carboxylic acids is 2. The highest BCUT2D eigenvalue weighted by Crippen LogP contribution is 2.28.